The fourth-order valence-corrected chi connectivity index (χ4v) is 2.48. The van der Waals surface area contributed by atoms with Crippen LogP contribution in [0.4, 0.5) is 18.9 Å². The van der Waals surface area contributed by atoms with Gasteiger partial charge in [0.15, 0.2) is 6.10 Å². The molecule has 3 rings (SSSR count). The van der Waals surface area contributed by atoms with Crippen LogP contribution < -0.4 is 5.32 Å². The molecule has 1 heterocycles. The average Bonchev–Trinajstić information content (AvgIpc) is 3.04. The Morgan fingerprint density at radius 3 is 2.74 bits per heavy atom. The first kappa shape index (κ1) is 18.3. The maximum atomic E-state index is 13.0. The number of nitriles is 1. The lowest BCUT2D eigenvalue weighted by molar-refractivity contribution is -0.137. The normalized spacial score (nSPS) is 12.6. The van der Waals surface area contributed by atoms with Gasteiger partial charge in [-0.3, -0.25) is 4.79 Å². The minimum atomic E-state index is -4.75. The summed E-state index contributed by atoms with van der Waals surface area (Å²) < 4.78 is 40.3. The topological polar surface area (TPSA) is 104 Å². The second kappa shape index (κ2) is 7.05. The van der Waals surface area contributed by atoms with Crippen molar-refractivity contribution in [3.63, 3.8) is 0 Å². The Kier molecular flexibility index (Phi) is 4.79. The van der Waals surface area contributed by atoms with Crippen molar-refractivity contribution in [2.24, 2.45) is 0 Å². The lowest BCUT2D eigenvalue weighted by Gasteiger charge is -2.14. The van der Waals surface area contributed by atoms with Crippen molar-refractivity contribution in [2.45, 2.75) is 18.8 Å². The zero-order valence-corrected chi connectivity index (χ0v) is 13.6. The first-order valence-corrected chi connectivity index (χ1v) is 7.68. The average molecular weight is 375 g/mol. The van der Waals surface area contributed by atoms with Gasteiger partial charge in [-0.05, 0) is 30.3 Å². The van der Waals surface area contributed by atoms with Crippen LogP contribution in [-0.2, 0) is 17.5 Å². The number of fused-ring (bicyclic) bond motifs is 1. The Balaban J connectivity index is 1.76. The van der Waals surface area contributed by atoms with Gasteiger partial charge in [-0.15, -0.1) is 5.10 Å². The van der Waals surface area contributed by atoms with E-state index in [2.05, 4.69) is 15.6 Å². The molecule has 27 heavy (non-hydrogen) atoms. The molecule has 3 aromatic rings. The summed E-state index contributed by atoms with van der Waals surface area (Å²) in [6.45, 7) is -0.227. The standard InChI is InChI=1S/C17H12F3N5O2/c18-17(19,20)12-7-11(6-5-10(12)8-21)22-16(27)15(26)9-25-14-4-2-1-3-13(14)23-24-25/h1-7,15,26H,9H2,(H,22,27)/t15-/m0/s1. The molecule has 138 valence electrons. The number of nitrogens with one attached hydrogen (secondary N) is 1. The Bertz CT molecular complexity index is 1040. The van der Waals surface area contributed by atoms with Gasteiger partial charge < -0.3 is 10.4 Å². The molecule has 1 aromatic heterocycles. The van der Waals surface area contributed by atoms with Gasteiger partial charge in [0.2, 0.25) is 0 Å². The molecule has 0 saturated heterocycles. The summed E-state index contributed by atoms with van der Waals surface area (Å²) in [5.41, 5.74) is -0.738. The summed E-state index contributed by atoms with van der Waals surface area (Å²) in [6.07, 6.45) is -6.32. The molecule has 0 aliphatic heterocycles. The maximum absolute atomic E-state index is 13.0. The molecule has 2 N–H and O–H groups in total. The van der Waals surface area contributed by atoms with Crippen molar-refractivity contribution >= 4 is 22.6 Å². The van der Waals surface area contributed by atoms with Gasteiger partial charge in [-0.2, -0.15) is 18.4 Å². The number of nitrogens with zero attached hydrogens (tertiary/aromatic N) is 4. The summed E-state index contributed by atoms with van der Waals surface area (Å²) in [5.74, 6) is -0.910. The summed E-state index contributed by atoms with van der Waals surface area (Å²) in [6, 6.07) is 11.1. The van der Waals surface area contributed by atoms with E-state index in [-0.39, 0.29) is 12.2 Å². The molecule has 0 spiro atoms. The lowest BCUT2D eigenvalue weighted by atomic mass is 10.1. The molecule has 0 fully saturated rings. The molecule has 0 radical (unpaired) electrons. The van der Waals surface area contributed by atoms with E-state index in [0.717, 1.165) is 12.1 Å². The predicted octanol–water partition coefficient (Wildman–Crippen LogP) is 2.32. The van der Waals surface area contributed by atoms with Crippen LogP contribution in [0.15, 0.2) is 42.5 Å². The second-order valence-corrected chi connectivity index (χ2v) is 5.64. The SMILES string of the molecule is N#Cc1ccc(NC(=O)[C@@H](O)Cn2nnc3ccccc32)cc1C(F)(F)F. The molecular formula is C17H12F3N5O2. The van der Waals surface area contributed by atoms with Crippen molar-refractivity contribution in [2.75, 3.05) is 5.32 Å². The number of aromatic nitrogens is 3. The van der Waals surface area contributed by atoms with E-state index in [0.29, 0.717) is 17.1 Å². The lowest BCUT2D eigenvalue weighted by Crippen LogP contribution is -2.32. The summed E-state index contributed by atoms with van der Waals surface area (Å²) in [7, 11) is 0. The molecule has 0 saturated carbocycles. The van der Waals surface area contributed by atoms with Crippen LogP contribution in [0.5, 0.6) is 0 Å². The van der Waals surface area contributed by atoms with Gasteiger partial charge in [0.25, 0.3) is 5.91 Å². The maximum Gasteiger partial charge on any atom is 0.417 e. The molecule has 7 nitrogen and oxygen atoms in total. The number of carbonyl (C=O) groups excluding carboxylic acids is 1. The van der Waals surface area contributed by atoms with Crippen LogP contribution >= 0.6 is 0 Å². The number of halogens is 3. The third kappa shape index (κ3) is 3.88. The first-order valence-electron chi connectivity index (χ1n) is 7.68. The quantitative estimate of drug-likeness (QED) is 0.728. The number of para-hydroxylation sites is 1. The number of hydrogen-bond acceptors (Lipinski definition) is 5. The second-order valence-electron chi connectivity index (χ2n) is 5.64. The van der Waals surface area contributed by atoms with Crippen LogP contribution in [0.3, 0.4) is 0 Å². The minimum absolute atomic E-state index is 0.186. The first-order chi connectivity index (χ1) is 12.8. The fraction of sp³-hybridized carbons (Fsp3) is 0.176. The van der Waals surface area contributed by atoms with Gasteiger partial charge in [-0.25, -0.2) is 4.68 Å². The van der Waals surface area contributed by atoms with Gasteiger partial charge in [0.1, 0.15) is 5.52 Å². The zero-order chi connectivity index (χ0) is 19.6. The Morgan fingerprint density at radius 2 is 2.04 bits per heavy atom. The molecule has 0 unspecified atom stereocenters. The highest BCUT2D eigenvalue weighted by molar-refractivity contribution is 5.94. The number of aliphatic hydroxyl groups excluding tert-OH is 1. The molecule has 10 heteroatoms. The third-order valence-electron chi connectivity index (χ3n) is 3.78. The van der Waals surface area contributed by atoms with E-state index in [1.54, 1.807) is 24.3 Å². The molecule has 0 bridgehead atoms. The van der Waals surface area contributed by atoms with E-state index in [1.165, 1.54) is 10.8 Å². The summed E-state index contributed by atoms with van der Waals surface area (Å²) in [4.78, 5) is 12.1. The smallest absolute Gasteiger partial charge is 0.381 e. The third-order valence-corrected chi connectivity index (χ3v) is 3.78. The van der Waals surface area contributed by atoms with Crippen LogP contribution in [0.1, 0.15) is 11.1 Å². The van der Waals surface area contributed by atoms with Crippen molar-refractivity contribution in [1.82, 2.24) is 15.0 Å². The largest absolute Gasteiger partial charge is 0.417 e. The van der Waals surface area contributed by atoms with E-state index < -0.39 is 29.3 Å². The summed E-state index contributed by atoms with van der Waals surface area (Å²) >= 11 is 0. The number of alkyl halides is 3. The van der Waals surface area contributed by atoms with Crippen LogP contribution in [0, 0.1) is 11.3 Å². The van der Waals surface area contributed by atoms with Crippen LogP contribution in [-0.4, -0.2) is 32.1 Å². The highest BCUT2D eigenvalue weighted by Crippen LogP contribution is 2.33. The highest BCUT2D eigenvalue weighted by Gasteiger charge is 2.34. The fourth-order valence-electron chi connectivity index (χ4n) is 2.48. The summed E-state index contributed by atoms with van der Waals surface area (Å²) in [5, 5.41) is 28.8. The molecule has 1 atom stereocenters. The Morgan fingerprint density at radius 1 is 1.30 bits per heavy atom. The number of amides is 1. The predicted molar refractivity (Wildman–Crippen MR) is 88.3 cm³/mol. The minimum Gasteiger partial charge on any atom is -0.381 e. The van der Waals surface area contributed by atoms with E-state index >= 15 is 0 Å². The van der Waals surface area contributed by atoms with Gasteiger partial charge in [0.05, 0.1) is 29.3 Å². The van der Waals surface area contributed by atoms with Crippen molar-refractivity contribution in [3.8, 4) is 6.07 Å². The van der Waals surface area contributed by atoms with Crippen molar-refractivity contribution in [3.05, 3.63) is 53.6 Å². The number of rotatable bonds is 4. The van der Waals surface area contributed by atoms with Gasteiger partial charge >= 0.3 is 6.18 Å². The molecule has 1 amide bonds. The van der Waals surface area contributed by atoms with Gasteiger partial charge in [-0.1, -0.05) is 17.3 Å². The zero-order valence-electron chi connectivity index (χ0n) is 13.6. The van der Waals surface area contributed by atoms with Crippen LogP contribution in [0.25, 0.3) is 11.0 Å². The Hall–Kier alpha value is -3.45. The number of aliphatic hydroxyl groups is 1. The molecule has 0 aliphatic carbocycles. The van der Waals surface area contributed by atoms with E-state index in [4.69, 9.17) is 5.26 Å². The van der Waals surface area contributed by atoms with Crippen molar-refractivity contribution in [1.29, 1.82) is 5.26 Å². The Labute approximate surface area is 150 Å². The van der Waals surface area contributed by atoms with Crippen molar-refractivity contribution < 1.29 is 23.1 Å². The molecular weight excluding hydrogens is 363 g/mol. The monoisotopic (exact) mass is 375 g/mol. The number of carbonyl (C=O) groups is 1. The highest BCUT2D eigenvalue weighted by atomic mass is 19.4. The number of anilines is 1. The van der Waals surface area contributed by atoms with E-state index in [9.17, 15) is 23.1 Å². The van der Waals surface area contributed by atoms with Gasteiger partial charge in [0, 0.05) is 5.69 Å². The molecule has 2 aromatic carbocycles. The van der Waals surface area contributed by atoms with E-state index in [1.807, 2.05) is 0 Å². The number of benzene rings is 2. The molecule has 0 aliphatic rings. The number of hydrogen-bond donors (Lipinski definition) is 2. The van der Waals surface area contributed by atoms with Crippen LogP contribution in [0.2, 0.25) is 0 Å².